The number of anilines is 1. The maximum atomic E-state index is 13.0. The normalized spacial score (nSPS) is 14.0. The van der Waals surface area contributed by atoms with Gasteiger partial charge in [0.25, 0.3) is 5.91 Å². The molecule has 0 spiro atoms. The van der Waals surface area contributed by atoms with Crippen LogP contribution in [-0.2, 0) is 9.84 Å². The number of hydrazine groups is 1. The van der Waals surface area contributed by atoms with Gasteiger partial charge in [-0.2, -0.15) is 0 Å². The van der Waals surface area contributed by atoms with E-state index in [1.54, 1.807) is 36.4 Å². The van der Waals surface area contributed by atoms with Crippen molar-refractivity contribution in [2.24, 2.45) is 0 Å². The Morgan fingerprint density at radius 2 is 1.66 bits per heavy atom. The number of nitrogens with zero attached hydrogens (tertiary/aromatic N) is 2. The van der Waals surface area contributed by atoms with Crippen molar-refractivity contribution in [3.63, 3.8) is 0 Å². The van der Waals surface area contributed by atoms with Crippen LogP contribution in [0.3, 0.4) is 0 Å². The number of sulfone groups is 1. The van der Waals surface area contributed by atoms with Gasteiger partial charge >= 0.3 is 6.03 Å². The molecule has 9 heteroatoms. The largest absolute Gasteiger partial charge is 0.340 e. The van der Waals surface area contributed by atoms with Gasteiger partial charge in [0, 0.05) is 30.6 Å². The van der Waals surface area contributed by atoms with Gasteiger partial charge in [-0.1, -0.05) is 24.3 Å². The molecule has 0 aliphatic carbocycles. The first kappa shape index (κ1) is 20.5. The van der Waals surface area contributed by atoms with Crippen LogP contribution in [0.15, 0.2) is 53.4 Å². The highest BCUT2D eigenvalue weighted by atomic mass is 32.2. The summed E-state index contributed by atoms with van der Waals surface area (Å²) in [5.74, 6) is -0.687. The minimum Gasteiger partial charge on any atom is -0.306 e. The fourth-order valence-corrected chi connectivity index (χ4v) is 4.02. The number of hydrogen-bond donors (Lipinski definition) is 1. The summed E-state index contributed by atoms with van der Waals surface area (Å²) in [4.78, 5) is 37.2. The van der Waals surface area contributed by atoms with Crippen LogP contribution in [0.25, 0.3) is 0 Å². The third-order valence-electron chi connectivity index (χ3n) is 4.54. The molecule has 3 rings (SSSR count). The van der Waals surface area contributed by atoms with Crippen molar-refractivity contribution in [1.29, 1.82) is 0 Å². The SMILES string of the molecule is CC(=O)c1cccc(NC(=O)N2CCCN2C(=O)c2ccccc2S(C)(=O)=O)c1. The van der Waals surface area contributed by atoms with Crippen LogP contribution in [0.4, 0.5) is 10.5 Å². The number of urea groups is 1. The standard InChI is InChI=1S/C20H21N3O5S/c1-14(24)15-7-5-8-16(13-15)21-20(26)23-12-6-11-22(23)19(25)17-9-3-4-10-18(17)29(2,27)28/h3-5,7-10,13H,6,11-12H2,1-2H3,(H,21,26). The minimum absolute atomic E-state index is 0.0216. The van der Waals surface area contributed by atoms with Crippen molar-refractivity contribution in [3.05, 3.63) is 59.7 Å². The predicted molar refractivity (Wildman–Crippen MR) is 107 cm³/mol. The molecular weight excluding hydrogens is 394 g/mol. The van der Waals surface area contributed by atoms with Crippen LogP contribution in [0.2, 0.25) is 0 Å². The monoisotopic (exact) mass is 415 g/mol. The molecule has 1 aliphatic heterocycles. The molecule has 1 aliphatic rings. The first-order chi connectivity index (χ1) is 13.7. The average Bonchev–Trinajstić information content (AvgIpc) is 3.17. The Labute approximate surface area is 169 Å². The van der Waals surface area contributed by atoms with Crippen molar-refractivity contribution in [1.82, 2.24) is 10.0 Å². The molecule has 3 amide bonds. The molecule has 2 aromatic rings. The van der Waals surface area contributed by atoms with E-state index in [4.69, 9.17) is 0 Å². The summed E-state index contributed by atoms with van der Waals surface area (Å²) >= 11 is 0. The number of nitrogens with one attached hydrogen (secondary N) is 1. The second-order valence-corrected chi connectivity index (χ2v) is 8.72. The Morgan fingerprint density at radius 1 is 0.966 bits per heavy atom. The highest BCUT2D eigenvalue weighted by Crippen LogP contribution is 2.22. The fraction of sp³-hybridized carbons (Fsp3) is 0.250. The van der Waals surface area contributed by atoms with Gasteiger partial charge < -0.3 is 5.32 Å². The molecule has 0 saturated carbocycles. The van der Waals surface area contributed by atoms with Crippen LogP contribution < -0.4 is 5.32 Å². The summed E-state index contributed by atoms with van der Waals surface area (Å²) in [7, 11) is -3.61. The zero-order chi connectivity index (χ0) is 21.2. The summed E-state index contributed by atoms with van der Waals surface area (Å²) in [6, 6.07) is 11.9. The zero-order valence-corrected chi connectivity index (χ0v) is 16.9. The van der Waals surface area contributed by atoms with Crippen LogP contribution in [0, 0.1) is 0 Å². The Kier molecular flexibility index (Phi) is 5.69. The zero-order valence-electron chi connectivity index (χ0n) is 16.1. The lowest BCUT2D eigenvalue weighted by atomic mass is 10.1. The lowest BCUT2D eigenvalue weighted by Crippen LogP contribution is -2.47. The van der Waals surface area contributed by atoms with Gasteiger partial charge in [-0.3, -0.25) is 9.59 Å². The van der Waals surface area contributed by atoms with Crippen molar-refractivity contribution >= 4 is 33.2 Å². The molecule has 152 valence electrons. The number of Topliss-reactive ketones (excluding diaryl/α,β-unsaturated/α-hetero) is 1. The molecule has 1 fully saturated rings. The van der Waals surface area contributed by atoms with E-state index < -0.39 is 21.8 Å². The molecular formula is C20H21N3O5S. The highest BCUT2D eigenvalue weighted by molar-refractivity contribution is 7.90. The summed E-state index contributed by atoms with van der Waals surface area (Å²) in [6.45, 7) is 2.03. The first-order valence-electron chi connectivity index (χ1n) is 8.99. The number of rotatable bonds is 4. The molecule has 0 unspecified atom stereocenters. The summed E-state index contributed by atoms with van der Waals surface area (Å²) in [5.41, 5.74) is 0.908. The molecule has 0 bridgehead atoms. The number of hydrogen-bond acceptors (Lipinski definition) is 5. The lowest BCUT2D eigenvalue weighted by molar-refractivity contribution is 0.0400. The molecule has 8 nitrogen and oxygen atoms in total. The molecule has 29 heavy (non-hydrogen) atoms. The van der Waals surface area contributed by atoms with E-state index in [2.05, 4.69) is 5.32 Å². The van der Waals surface area contributed by atoms with Gasteiger partial charge in [0.05, 0.1) is 10.5 Å². The topological polar surface area (TPSA) is 104 Å². The fourth-order valence-electron chi connectivity index (χ4n) is 3.14. The van der Waals surface area contributed by atoms with Crippen molar-refractivity contribution in [2.75, 3.05) is 24.7 Å². The molecule has 2 aromatic carbocycles. The van der Waals surface area contributed by atoms with Gasteiger partial charge in [0.2, 0.25) is 0 Å². The highest BCUT2D eigenvalue weighted by Gasteiger charge is 2.33. The maximum absolute atomic E-state index is 13.0. The Balaban J connectivity index is 1.83. The quantitative estimate of drug-likeness (QED) is 0.773. The Hall–Kier alpha value is -3.20. The van der Waals surface area contributed by atoms with Crippen LogP contribution in [0.5, 0.6) is 0 Å². The van der Waals surface area contributed by atoms with Crippen LogP contribution in [-0.4, -0.2) is 55.5 Å². The van der Waals surface area contributed by atoms with E-state index in [0.717, 1.165) is 6.26 Å². The lowest BCUT2D eigenvalue weighted by Gasteiger charge is -2.28. The van der Waals surface area contributed by atoms with Gasteiger partial charge in [0.1, 0.15) is 0 Å². The van der Waals surface area contributed by atoms with Crippen LogP contribution in [0.1, 0.15) is 34.1 Å². The third-order valence-corrected chi connectivity index (χ3v) is 5.69. The number of benzene rings is 2. The van der Waals surface area contributed by atoms with E-state index >= 15 is 0 Å². The van der Waals surface area contributed by atoms with Gasteiger partial charge in [-0.15, -0.1) is 0 Å². The summed E-state index contributed by atoms with van der Waals surface area (Å²) < 4.78 is 24.1. The van der Waals surface area contributed by atoms with E-state index in [1.807, 2.05) is 0 Å². The molecule has 1 heterocycles. The summed E-state index contributed by atoms with van der Waals surface area (Å²) in [6.07, 6.45) is 1.60. The minimum atomic E-state index is -3.61. The number of ketones is 1. The summed E-state index contributed by atoms with van der Waals surface area (Å²) in [5, 5.41) is 5.18. The smallest absolute Gasteiger partial charge is 0.306 e. The van der Waals surface area contributed by atoms with E-state index in [-0.39, 0.29) is 22.8 Å². The predicted octanol–water partition coefficient (Wildman–Crippen LogP) is 2.59. The maximum Gasteiger partial charge on any atom is 0.340 e. The van der Waals surface area contributed by atoms with Crippen LogP contribution >= 0.6 is 0 Å². The van der Waals surface area contributed by atoms with Crippen molar-refractivity contribution in [2.45, 2.75) is 18.2 Å². The number of amides is 3. The van der Waals surface area contributed by atoms with E-state index in [0.29, 0.717) is 24.2 Å². The Bertz CT molecular complexity index is 1080. The van der Waals surface area contributed by atoms with Gasteiger partial charge in [-0.25, -0.2) is 23.2 Å². The molecule has 0 atom stereocenters. The molecule has 1 saturated heterocycles. The molecule has 0 aromatic heterocycles. The molecule has 1 N–H and O–H groups in total. The van der Waals surface area contributed by atoms with Gasteiger partial charge in [-0.05, 0) is 37.6 Å². The average molecular weight is 415 g/mol. The first-order valence-corrected chi connectivity index (χ1v) is 10.9. The number of carbonyl (C=O) groups excluding carboxylic acids is 3. The third kappa shape index (κ3) is 4.45. The van der Waals surface area contributed by atoms with Crippen molar-refractivity contribution in [3.8, 4) is 0 Å². The van der Waals surface area contributed by atoms with E-state index in [1.165, 1.54) is 29.1 Å². The molecule has 0 radical (unpaired) electrons. The second kappa shape index (κ2) is 8.04. The number of carbonyl (C=O) groups is 3. The Morgan fingerprint density at radius 3 is 2.34 bits per heavy atom. The van der Waals surface area contributed by atoms with Gasteiger partial charge in [0.15, 0.2) is 15.6 Å². The second-order valence-electron chi connectivity index (χ2n) is 6.74. The van der Waals surface area contributed by atoms with E-state index in [9.17, 15) is 22.8 Å². The van der Waals surface area contributed by atoms with Crippen molar-refractivity contribution < 1.29 is 22.8 Å².